The van der Waals surface area contributed by atoms with E-state index in [9.17, 15) is 14.4 Å². The maximum Gasteiger partial charge on any atom is 0.332 e. The van der Waals surface area contributed by atoms with Gasteiger partial charge in [-0.15, -0.1) is 0 Å². The Labute approximate surface area is 172 Å². The van der Waals surface area contributed by atoms with Crippen LogP contribution in [-0.2, 0) is 25.4 Å². The Morgan fingerprint density at radius 2 is 1.72 bits per heavy atom. The van der Waals surface area contributed by atoms with E-state index in [2.05, 4.69) is 10.3 Å². The van der Waals surface area contributed by atoms with Crippen molar-refractivity contribution in [2.75, 3.05) is 11.1 Å². The number of nitrogens with one attached hydrogen (secondary N) is 1. The van der Waals surface area contributed by atoms with Gasteiger partial charge >= 0.3 is 5.69 Å². The third-order valence-corrected chi connectivity index (χ3v) is 5.88. The molecule has 29 heavy (non-hydrogen) atoms. The first-order valence-corrected chi connectivity index (χ1v) is 10.3. The molecule has 0 saturated carbocycles. The zero-order chi connectivity index (χ0) is 21.5. The number of hydrogen-bond acceptors (Lipinski definition) is 5. The van der Waals surface area contributed by atoms with Gasteiger partial charge in [0.25, 0.3) is 5.56 Å². The molecule has 0 spiro atoms. The van der Waals surface area contributed by atoms with Crippen molar-refractivity contribution in [2.24, 2.45) is 14.1 Å². The minimum atomic E-state index is -0.428. The monoisotopic (exact) mass is 415 g/mol. The summed E-state index contributed by atoms with van der Waals surface area (Å²) in [5.74, 6) is -0.00814. The largest absolute Gasteiger partial charge is 0.332 e. The third kappa shape index (κ3) is 3.74. The number of benzene rings is 1. The molecule has 0 aliphatic rings. The van der Waals surface area contributed by atoms with Crippen LogP contribution in [0.4, 0.5) is 5.69 Å². The van der Waals surface area contributed by atoms with Crippen molar-refractivity contribution in [3.05, 3.63) is 49.7 Å². The molecule has 0 bridgehead atoms. The number of carbonyl (C=O) groups is 1. The molecule has 1 aromatic carbocycles. The molecule has 3 rings (SSSR count). The van der Waals surface area contributed by atoms with Crippen LogP contribution < -0.4 is 16.6 Å². The summed E-state index contributed by atoms with van der Waals surface area (Å²) in [7, 11) is 3.03. The predicted molar refractivity (Wildman–Crippen MR) is 116 cm³/mol. The number of carbonyl (C=O) groups excluding carboxylic acids is 1. The molecule has 8 nitrogen and oxygen atoms in total. The number of amides is 1. The Morgan fingerprint density at radius 1 is 1.10 bits per heavy atom. The molecule has 0 atom stereocenters. The maximum atomic E-state index is 12.6. The molecule has 0 saturated heterocycles. The summed E-state index contributed by atoms with van der Waals surface area (Å²) in [6.45, 7) is 8.36. The first-order chi connectivity index (χ1) is 13.6. The van der Waals surface area contributed by atoms with Crippen LogP contribution in [0, 0.1) is 20.8 Å². The van der Waals surface area contributed by atoms with Crippen molar-refractivity contribution in [1.82, 2.24) is 18.7 Å². The highest BCUT2D eigenvalue weighted by Crippen LogP contribution is 2.24. The number of anilines is 1. The number of fused-ring (bicyclic) bond motifs is 1. The van der Waals surface area contributed by atoms with Crippen molar-refractivity contribution in [2.45, 2.75) is 39.4 Å². The van der Waals surface area contributed by atoms with E-state index < -0.39 is 5.69 Å². The standard InChI is InChI=1S/C20H25N5O3S/c1-7-25-16-17(23(5)20(28)24(6)18(16)27)22-19(25)29-10-14(26)21-15-12(3)8-11(2)9-13(15)4/h8-9H,7,10H2,1-6H3,(H,21,26). The summed E-state index contributed by atoms with van der Waals surface area (Å²) in [5.41, 5.74) is 3.87. The van der Waals surface area contributed by atoms with Gasteiger partial charge in [-0.05, 0) is 38.8 Å². The minimum absolute atomic E-state index is 0.143. The molecule has 3 aromatic rings. The van der Waals surface area contributed by atoms with Crippen LogP contribution in [0.1, 0.15) is 23.6 Å². The van der Waals surface area contributed by atoms with Gasteiger partial charge in [-0.25, -0.2) is 9.78 Å². The molecular weight excluding hydrogens is 390 g/mol. The number of aryl methyl sites for hydroxylation is 5. The molecule has 0 aliphatic heterocycles. The number of hydrogen-bond donors (Lipinski definition) is 1. The van der Waals surface area contributed by atoms with Crippen LogP contribution in [0.2, 0.25) is 0 Å². The second kappa shape index (κ2) is 7.90. The van der Waals surface area contributed by atoms with Crippen LogP contribution in [0.25, 0.3) is 11.2 Å². The van der Waals surface area contributed by atoms with Crippen LogP contribution in [0.15, 0.2) is 26.9 Å². The zero-order valence-electron chi connectivity index (χ0n) is 17.5. The van der Waals surface area contributed by atoms with Gasteiger partial charge in [-0.1, -0.05) is 29.5 Å². The lowest BCUT2D eigenvalue weighted by atomic mass is 10.1. The quantitative estimate of drug-likeness (QED) is 0.645. The number of rotatable bonds is 5. The molecule has 0 aliphatic carbocycles. The van der Waals surface area contributed by atoms with Crippen molar-refractivity contribution < 1.29 is 4.79 Å². The first kappa shape index (κ1) is 20.9. The van der Waals surface area contributed by atoms with Gasteiger partial charge in [-0.3, -0.25) is 18.7 Å². The lowest BCUT2D eigenvalue weighted by Crippen LogP contribution is -2.37. The summed E-state index contributed by atoms with van der Waals surface area (Å²) in [6, 6.07) is 4.06. The summed E-state index contributed by atoms with van der Waals surface area (Å²) in [4.78, 5) is 41.8. The molecule has 1 N–H and O–H groups in total. The van der Waals surface area contributed by atoms with Gasteiger partial charge in [0, 0.05) is 26.3 Å². The molecule has 0 unspecified atom stereocenters. The summed E-state index contributed by atoms with van der Waals surface area (Å²) < 4.78 is 4.17. The zero-order valence-corrected chi connectivity index (χ0v) is 18.3. The second-order valence-corrected chi connectivity index (χ2v) is 8.07. The van der Waals surface area contributed by atoms with E-state index in [-0.39, 0.29) is 17.2 Å². The molecule has 2 aromatic heterocycles. The molecule has 1 amide bonds. The third-order valence-electron chi connectivity index (χ3n) is 4.90. The molecule has 154 valence electrons. The van der Waals surface area contributed by atoms with E-state index in [1.54, 1.807) is 11.6 Å². The minimum Gasteiger partial charge on any atom is -0.325 e. The van der Waals surface area contributed by atoms with Gasteiger partial charge in [0.2, 0.25) is 5.91 Å². The Bertz CT molecular complexity index is 1210. The van der Waals surface area contributed by atoms with Crippen LogP contribution >= 0.6 is 11.8 Å². The van der Waals surface area contributed by atoms with Crippen LogP contribution in [0.5, 0.6) is 0 Å². The molecule has 2 heterocycles. The van der Waals surface area contributed by atoms with E-state index in [0.29, 0.717) is 22.9 Å². The van der Waals surface area contributed by atoms with E-state index in [4.69, 9.17) is 0 Å². The molecule has 9 heteroatoms. The smallest absolute Gasteiger partial charge is 0.325 e. The Morgan fingerprint density at radius 3 is 2.31 bits per heavy atom. The maximum absolute atomic E-state index is 12.6. The Balaban J connectivity index is 1.89. The van der Waals surface area contributed by atoms with Crippen LogP contribution in [-0.4, -0.2) is 30.3 Å². The topological polar surface area (TPSA) is 90.9 Å². The van der Waals surface area contributed by atoms with Crippen molar-refractivity contribution in [1.29, 1.82) is 0 Å². The number of nitrogens with zero attached hydrogens (tertiary/aromatic N) is 4. The molecular formula is C20H25N5O3S. The fourth-order valence-electron chi connectivity index (χ4n) is 3.51. The van der Waals surface area contributed by atoms with E-state index >= 15 is 0 Å². The number of thioether (sulfide) groups is 1. The highest BCUT2D eigenvalue weighted by atomic mass is 32.2. The van der Waals surface area contributed by atoms with Gasteiger partial charge in [0.05, 0.1) is 5.75 Å². The summed E-state index contributed by atoms with van der Waals surface area (Å²) in [6.07, 6.45) is 0. The predicted octanol–water partition coefficient (Wildman–Crippen LogP) is 2.11. The normalized spacial score (nSPS) is 11.2. The fraction of sp³-hybridized carbons (Fsp3) is 0.400. The first-order valence-electron chi connectivity index (χ1n) is 9.32. The molecule has 0 radical (unpaired) electrons. The average molecular weight is 416 g/mol. The van der Waals surface area contributed by atoms with Crippen molar-refractivity contribution in [3.63, 3.8) is 0 Å². The second-order valence-electron chi connectivity index (χ2n) is 7.13. The summed E-state index contributed by atoms with van der Waals surface area (Å²) in [5, 5.41) is 3.51. The highest BCUT2D eigenvalue weighted by Gasteiger charge is 2.19. The lowest BCUT2D eigenvalue weighted by molar-refractivity contribution is -0.113. The number of imidazole rings is 1. The van der Waals surface area contributed by atoms with E-state index in [1.165, 1.54) is 23.4 Å². The lowest BCUT2D eigenvalue weighted by Gasteiger charge is -2.12. The highest BCUT2D eigenvalue weighted by molar-refractivity contribution is 7.99. The Kier molecular flexibility index (Phi) is 5.70. The SMILES string of the molecule is CCn1c(SCC(=O)Nc2c(C)cc(C)cc2C)nc2c1c(=O)n(C)c(=O)n2C. The Hall–Kier alpha value is -2.81. The van der Waals surface area contributed by atoms with Gasteiger partial charge in [0.15, 0.2) is 16.3 Å². The molecule has 0 fully saturated rings. The summed E-state index contributed by atoms with van der Waals surface area (Å²) >= 11 is 1.24. The fourth-order valence-corrected chi connectivity index (χ4v) is 4.37. The van der Waals surface area contributed by atoms with Gasteiger partial charge in [-0.2, -0.15) is 0 Å². The van der Waals surface area contributed by atoms with Crippen molar-refractivity contribution >= 4 is 34.5 Å². The average Bonchev–Trinajstić information content (AvgIpc) is 3.04. The van der Waals surface area contributed by atoms with Gasteiger partial charge in [0.1, 0.15) is 0 Å². The van der Waals surface area contributed by atoms with E-state index in [1.807, 2.05) is 39.8 Å². The van der Waals surface area contributed by atoms with Crippen LogP contribution in [0.3, 0.4) is 0 Å². The number of aromatic nitrogens is 4. The van der Waals surface area contributed by atoms with Gasteiger partial charge < -0.3 is 9.88 Å². The van der Waals surface area contributed by atoms with Crippen molar-refractivity contribution in [3.8, 4) is 0 Å². The van der Waals surface area contributed by atoms with E-state index in [0.717, 1.165) is 26.9 Å².